The SMILES string of the molecule is CN1CCCN(c2ccc(C#N)cc2)CC1CN. The maximum absolute atomic E-state index is 8.81. The molecule has 1 aliphatic heterocycles. The lowest BCUT2D eigenvalue weighted by Gasteiger charge is -2.29. The van der Waals surface area contributed by atoms with Crippen LogP contribution < -0.4 is 10.6 Å². The van der Waals surface area contributed by atoms with Gasteiger partial charge < -0.3 is 15.5 Å². The highest BCUT2D eigenvalue weighted by Crippen LogP contribution is 2.18. The van der Waals surface area contributed by atoms with Gasteiger partial charge in [-0.25, -0.2) is 0 Å². The summed E-state index contributed by atoms with van der Waals surface area (Å²) in [5.74, 6) is 0. The van der Waals surface area contributed by atoms with Crippen LogP contribution in [0.2, 0.25) is 0 Å². The van der Waals surface area contributed by atoms with Crippen molar-refractivity contribution in [1.82, 2.24) is 4.90 Å². The van der Waals surface area contributed by atoms with Crippen LogP contribution in [0, 0.1) is 11.3 Å². The molecule has 4 nitrogen and oxygen atoms in total. The molecule has 1 saturated heterocycles. The molecular formula is C14H20N4. The molecule has 0 aromatic heterocycles. The van der Waals surface area contributed by atoms with E-state index in [9.17, 15) is 0 Å². The standard InChI is InChI=1S/C14H20N4/c1-17-7-2-8-18(11-14(17)10-16)13-5-3-12(9-15)4-6-13/h3-6,14H,2,7-8,10-11,16H2,1H3. The second-order valence-electron chi connectivity index (χ2n) is 4.83. The fourth-order valence-corrected chi connectivity index (χ4v) is 2.41. The molecule has 96 valence electrons. The fourth-order valence-electron chi connectivity index (χ4n) is 2.41. The van der Waals surface area contributed by atoms with Crippen molar-refractivity contribution in [3.8, 4) is 6.07 Å². The molecule has 1 fully saturated rings. The Morgan fingerprint density at radius 2 is 2.06 bits per heavy atom. The van der Waals surface area contributed by atoms with E-state index in [1.165, 1.54) is 5.69 Å². The average Bonchev–Trinajstić information content (AvgIpc) is 2.60. The first-order chi connectivity index (χ1) is 8.74. The number of hydrogen-bond acceptors (Lipinski definition) is 4. The van der Waals surface area contributed by atoms with Gasteiger partial charge in [-0.05, 0) is 44.3 Å². The highest BCUT2D eigenvalue weighted by atomic mass is 15.2. The van der Waals surface area contributed by atoms with Crippen molar-refractivity contribution < 1.29 is 0 Å². The monoisotopic (exact) mass is 244 g/mol. The number of benzene rings is 1. The zero-order chi connectivity index (χ0) is 13.0. The summed E-state index contributed by atoms with van der Waals surface area (Å²) >= 11 is 0. The molecule has 0 saturated carbocycles. The summed E-state index contributed by atoms with van der Waals surface area (Å²) in [5.41, 5.74) is 7.73. The Morgan fingerprint density at radius 1 is 1.33 bits per heavy atom. The third kappa shape index (κ3) is 2.81. The minimum Gasteiger partial charge on any atom is -0.370 e. The average molecular weight is 244 g/mol. The lowest BCUT2D eigenvalue weighted by Crippen LogP contribution is -2.43. The number of anilines is 1. The zero-order valence-electron chi connectivity index (χ0n) is 10.8. The number of hydrogen-bond donors (Lipinski definition) is 1. The molecule has 1 unspecified atom stereocenters. The zero-order valence-corrected chi connectivity index (χ0v) is 10.8. The molecule has 0 spiro atoms. The van der Waals surface area contributed by atoms with Crippen LogP contribution in [-0.2, 0) is 0 Å². The van der Waals surface area contributed by atoms with E-state index in [4.69, 9.17) is 11.0 Å². The molecule has 1 atom stereocenters. The smallest absolute Gasteiger partial charge is 0.0991 e. The Bertz CT molecular complexity index is 420. The van der Waals surface area contributed by atoms with Gasteiger partial charge >= 0.3 is 0 Å². The van der Waals surface area contributed by atoms with Crippen LogP contribution in [0.3, 0.4) is 0 Å². The summed E-state index contributed by atoms with van der Waals surface area (Å²) in [6.07, 6.45) is 1.15. The number of nitrogens with two attached hydrogens (primary N) is 1. The van der Waals surface area contributed by atoms with E-state index in [-0.39, 0.29) is 0 Å². The molecule has 1 aliphatic rings. The van der Waals surface area contributed by atoms with Gasteiger partial charge in [0, 0.05) is 31.4 Å². The maximum atomic E-state index is 8.81. The molecule has 0 aliphatic carbocycles. The molecule has 1 heterocycles. The number of nitriles is 1. The van der Waals surface area contributed by atoms with Gasteiger partial charge in [-0.3, -0.25) is 0 Å². The van der Waals surface area contributed by atoms with Crippen molar-refractivity contribution in [2.24, 2.45) is 5.73 Å². The van der Waals surface area contributed by atoms with E-state index in [2.05, 4.69) is 22.9 Å². The molecule has 18 heavy (non-hydrogen) atoms. The molecule has 0 amide bonds. The molecule has 4 heteroatoms. The molecule has 1 aromatic rings. The minimum absolute atomic E-state index is 0.406. The molecule has 1 aromatic carbocycles. The highest BCUT2D eigenvalue weighted by Gasteiger charge is 2.21. The van der Waals surface area contributed by atoms with Gasteiger partial charge in [0.25, 0.3) is 0 Å². The van der Waals surface area contributed by atoms with E-state index in [1.54, 1.807) is 0 Å². The van der Waals surface area contributed by atoms with E-state index in [0.29, 0.717) is 18.2 Å². The summed E-state index contributed by atoms with van der Waals surface area (Å²) < 4.78 is 0. The highest BCUT2D eigenvalue weighted by molar-refractivity contribution is 5.50. The van der Waals surface area contributed by atoms with Gasteiger partial charge in [0.1, 0.15) is 0 Å². The van der Waals surface area contributed by atoms with E-state index >= 15 is 0 Å². The molecule has 0 radical (unpaired) electrons. The quantitative estimate of drug-likeness (QED) is 0.844. The van der Waals surface area contributed by atoms with Gasteiger partial charge in [-0.2, -0.15) is 5.26 Å². The normalized spacial score (nSPS) is 21.4. The Hall–Kier alpha value is -1.57. The van der Waals surface area contributed by atoms with Crippen molar-refractivity contribution in [2.45, 2.75) is 12.5 Å². The molecular weight excluding hydrogens is 224 g/mol. The number of rotatable bonds is 2. The Labute approximate surface area is 109 Å². The second-order valence-corrected chi connectivity index (χ2v) is 4.83. The molecule has 2 rings (SSSR count). The Balaban J connectivity index is 2.13. The van der Waals surface area contributed by atoms with Crippen molar-refractivity contribution in [1.29, 1.82) is 5.26 Å². The fraction of sp³-hybridized carbons (Fsp3) is 0.500. The van der Waals surface area contributed by atoms with E-state index in [1.807, 2.05) is 24.3 Å². The van der Waals surface area contributed by atoms with Crippen LogP contribution in [-0.4, -0.2) is 44.2 Å². The number of likely N-dealkylation sites (N-methyl/N-ethyl adjacent to an activating group) is 1. The summed E-state index contributed by atoms with van der Waals surface area (Å²) in [6.45, 7) is 3.78. The Kier molecular flexibility index (Phi) is 4.19. The van der Waals surface area contributed by atoms with Crippen LogP contribution in [0.25, 0.3) is 0 Å². The van der Waals surface area contributed by atoms with Crippen LogP contribution in [0.15, 0.2) is 24.3 Å². The summed E-state index contributed by atoms with van der Waals surface area (Å²) in [4.78, 5) is 4.70. The van der Waals surface area contributed by atoms with Gasteiger partial charge in [0.2, 0.25) is 0 Å². The first-order valence-corrected chi connectivity index (χ1v) is 6.40. The first-order valence-electron chi connectivity index (χ1n) is 6.40. The van der Waals surface area contributed by atoms with Gasteiger partial charge in [0.05, 0.1) is 11.6 Å². The van der Waals surface area contributed by atoms with Crippen LogP contribution >= 0.6 is 0 Å². The summed E-state index contributed by atoms with van der Waals surface area (Å²) in [6, 6.07) is 10.4. The lowest BCUT2D eigenvalue weighted by molar-refractivity contribution is 0.266. The van der Waals surface area contributed by atoms with Crippen LogP contribution in [0.1, 0.15) is 12.0 Å². The van der Waals surface area contributed by atoms with E-state index in [0.717, 1.165) is 26.1 Å². The minimum atomic E-state index is 0.406. The van der Waals surface area contributed by atoms with Crippen LogP contribution in [0.5, 0.6) is 0 Å². The van der Waals surface area contributed by atoms with Crippen LogP contribution in [0.4, 0.5) is 5.69 Å². The second kappa shape index (κ2) is 5.85. The van der Waals surface area contributed by atoms with Crippen molar-refractivity contribution >= 4 is 5.69 Å². The predicted molar refractivity (Wildman–Crippen MR) is 73.5 cm³/mol. The first kappa shape index (κ1) is 12.9. The summed E-state index contributed by atoms with van der Waals surface area (Å²) in [5, 5.41) is 8.81. The number of nitrogens with zero attached hydrogens (tertiary/aromatic N) is 3. The van der Waals surface area contributed by atoms with Gasteiger partial charge in [0.15, 0.2) is 0 Å². The molecule has 2 N–H and O–H groups in total. The lowest BCUT2D eigenvalue weighted by atomic mass is 10.2. The topological polar surface area (TPSA) is 56.3 Å². The predicted octanol–water partition coefficient (Wildman–Crippen LogP) is 1.03. The van der Waals surface area contributed by atoms with Gasteiger partial charge in [-0.1, -0.05) is 0 Å². The van der Waals surface area contributed by atoms with E-state index < -0.39 is 0 Å². The largest absolute Gasteiger partial charge is 0.370 e. The van der Waals surface area contributed by atoms with Crippen molar-refractivity contribution in [2.75, 3.05) is 38.1 Å². The third-order valence-electron chi connectivity index (χ3n) is 3.63. The van der Waals surface area contributed by atoms with Gasteiger partial charge in [-0.15, -0.1) is 0 Å². The third-order valence-corrected chi connectivity index (χ3v) is 3.63. The summed E-state index contributed by atoms with van der Waals surface area (Å²) in [7, 11) is 2.14. The van der Waals surface area contributed by atoms with Crippen molar-refractivity contribution in [3.05, 3.63) is 29.8 Å². The van der Waals surface area contributed by atoms with Crippen molar-refractivity contribution in [3.63, 3.8) is 0 Å². The Morgan fingerprint density at radius 3 is 2.67 bits per heavy atom. The molecule has 0 bridgehead atoms. The maximum Gasteiger partial charge on any atom is 0.0991 e.